The molecule has 0 spiro atoms. The van der Waals surface area contributed by atoms with Crippen molar-refractivity contribution in [3.8, 4) is 11.5 Å². The van der Waals surface area contributed by atoms with Crippen LogP contribution in [0.5, 0.6) is 11.5 Å². The Morgan fingerprint density at radius 2 is 2.12 bits per heavy atom. The molecule has 2 rings (SSSR count). The lowest BCUT2D eigenvalue weighted by Gasteiger charge is -2.26. The van der Waals surface area contributed by atoms with E-state index in [4.69, 9.17) is 14.2 Å². The van der Waals surface area contributed by atoms with Crippen LogP contribution >= 0.6 is 0 Å². The van der Waals surface area contributed by atoms with Crippen LogP contribution in [0.4, 0.5) is 0 Å². The summed E-state index contributed by atoms with van der Waals surface area (Å²) in [4.78, 5) is 0. The fourth-order valence-electron chi connectivity index (χ4n) is 2.68. The summed E-state index contributed by atoms with van der Waals surface area (Å²) in [5.74, 6) is 2.40. The summed E-state index contributed by atoms with van der Waals surface area (Å²) in [6, 6.07) is 5.94. The molecule has 1 aromatic carbocycles. The van der Waals surface area contributed by atoms with Crippen LogP contribution in [0.3, 0.4) is 0 Å². The molecule has 24 heavy (non-hydrogen) atoms. The second-order valence-corrected chi connectivity index (χ2v) is 6.75. The van der Waals surface area contributed by atoms with Crippen molar-refractivity contribution in [3.63, 3.8) is 0 Å². The molecule has 1 aromatic rings. The molecule has 2 unspecified atom stereocenters. The van der Waals surface area contributed by atoms with E-state index in [0.29, 0.717) is 13.4 Å². The Morgan fingerprint density at radius 1 is 1.33 bits per heavy atom. The normalized spacial score (nSPS) is 17.0. The van der Waals surface area contributed by atoms with Crippen molar-refractivity contribution in [2.24, 2.45) is 5.92 Å². The first-order valence-corrected chi connectivity index (χ1v) is 8.90. The first-order valence-electron chi connectivity index (χ1n) is 8.90. The van der Waals surface area contributed by atoms with Crippen molar-refractivity contribution in [2.75, 3.05) is 13.4 Å². The molecule has 2 atom stereocenters. The molecular weight excluding hydrogens is 300 g/mol. The van der Waals surface area contributed by atoms with Crippen LogP contribution in [0.25, 0.3) is 6.08 Å². The van der Waals surface area contributed by atoms with Crippen molar-refractivity contribution >= 4 is 6.08 Å². The molecule has 0 aromatic heterocycles. The minimum absolute atomic E-state index is 0.257. The SMILES string of the molecule is C=CC(C)(CCCC(C)CC)OC/C=C/c1ccc2c(c1)OCO2. The van der Waals surface area contributed by atoms with E-state index in [2.05, 4.69) is 27.4 Å². The van der Waals surface area contributed by atoms with Gasteiger partial charge in [0.25, 0.3) is 0 Å². The van der Waals surface area contributed by atoms with Gasteiger partial charge in [-0.2, -0.15) is 0 Å². The fraction of sp³-hybridized carbons (Fsp3) is 0.524. The molecule has 0 amide bonds. The molecule has 0 saturated carbocycles. The van der Waals surface area contributed by atoms with E-state index in [-0.39, 0.29) is 5.60 Å². The molecule has 3 nitrogen and oxygen atoms in total. The first-order chi connectivity index (χ1) is 11.6. The molecule has 0 aliphatic carbocycles. The predicted molar refractivity (Wildman–Crippen MR) is 99.5 cm³/mol. The van der Waals surface area contributed by atoms with E-state index in [1.165, 1.54) is 19.3 Å². The zero-order valence-electron chi connectivity index (χ0n) is 15.2. The number of hydrogen-bond acceptors (Lipinski definition) is 3. The maximum Gasteiger partial charge on any atom is 0.231 e. The highest BCUT2D eigenvalue weighted by Crippen LogP contribution is 2.32. The summed E-state index contributed by atoms with van der Waals surface area (Å²) in [6.07, 6.45) is 10.7. The maximum atomic E-state index is 6.05. The number of benzene rings is 1. The molecule has 1 heterocycles. The van der Waals surface area contributed by atoms with Crippen molar-refractivity contribution in [1.82, 2.24) is 0 Å². The van der Waals surface area contributed by atoms with Crippen molar-refractivity contribution < 1.29 is 14.2 Å². The van der Waals surface area contributed by atoms with E-state index in [1.807, 2.05) is 36.4 Å². The van der Waals surface area contributed by atoms with Crippen LogP contribution in [0.2, 0.25) is 0 Å². The van der Waals surface area contributed by atoms with Crippen LogP contribution < -0.4 is 9.47 Å². The molecule has 0 fully saturated rings. The zero-order valence-corrected chi connectivity index (χ0v) is 15.2. The Morgan fingerprint density at radius 3 is 2.88 bits per heavy atom. The van der Waals surface area contributed by atoms with Gasteiger partial charge in [-0.25, -0.2) is 0 Å². The van der Waals surface area contributed by atoms with Crippen molar-refractivity contribution in [2.45, 2.75) is 52.1 Å². The molecule has 0 radical (unpaired) electrons. The lowest BCUT2D eigenvalue weighted by atomic mass is 9.94. The predicted octanol–water partition coefficient (Wildman–Crippen LogP) is 5.61. The summed E-state index contributed by atoms with van der Waals surface area (Å²) >= 11 is 0. The van der Waals surface area contributed by atoms with Crippen LogP contribution in [0, 0.1) is 5.92 Å². The average molecular weight is 330 g/mol. The minimum Gasteiger partial charge on any atom is -0.454 e. The van der Waals surface area contributed by atoms with Crippen LogP contribution in [0.15, 0.2) is 36.9 Å². The molecule has 1 aliphatic rings. The number of rotatable bonds is 10. The average Bonchev–Trinajstić information content (AvgIpc) is 3.06. The molecule has 3 heteroatoms. The van der Waals surface area contributed by atoms with Crippen LogP contribution in [0.1, 0.15) is 52.0 Å². The highest BCUT2D eigenvalue weighted by Gasteiger charge is 2.20. The number of hydrogen-bond donors (Lipinski definition) is 0. The molecule has 0 bridgehead atoms. The quantitative estimate of drug-likeness (QED) is 0.522. The van der Waals surface area contributed by atoms with Gasteiger partial charge in [-0.05, 0) is 43.4 Å². The summed E-state index contributed by atoms with van der Waals surface area (Å²) in [6.45, 7) is 11.5. The van der Waals surface area contributed by atoms with Gasteiger partial charge in [0.05, 0.1) is 12.2 Å². The number of ether oxygens (including phenoxy) is 3. The maximum absolute atomic E-state index is 6.05. The second-order valence-electron chi connectivity index (χ2n) is 6.75. The summed E-state index contributed by atoms with van der Waals surface area (Å²) in [5, 5.41) is 0. The molecule has 1 aliphatic heterocycles. The van der Waals surface area contributed by atoms with E-state index in [9.17, 15) is 0 Å². The van der Waals surface area contributed by atoms with Crippen LogP contribution in [-0.2, 0) is 4.74 Å². The third-order valence-corrected chi connectivity index (χ3v) is 4.72. The Kier molecular flexibility index (Phi) is 6.92. The highest BCUT2D eigenvalue weighted by atomic mass is 16.7. The lowest BCUT2D eigenvalue weighted by molar-refractivity contribution is 0.0150. The highest BCUT2D eigenvalue weighted by molar-refractivity contribution is 5.56. The van der Waals surface area contributed by atoms with Gasteiger partial charge in [0.1, 0.15) is 0 Å². The smallest absolute Gasteiger partial charge is 0.231 e. The Labute approximate surface area is 146 Å². The Bertz CT molecular complexity index is 564. The molecular formula is C21H30O3. The van der Waals surface area contributed by atoms with Gasteiger partial charge in [0.2, 0.25) is 6.79 Å². The van der Waals surface area contributed by atoms with Gasteiger partial charge >= 0.3 is 0 Å². The van der Waals surface area contributed by atoms with Gasteiger partial charge in [-0.1, -0.05) is 51.0 Å². The minimum atomic E-state index is -0.257. The third kappa shape index (κ3) is 5.41. The monoisotopic (exact) mass is 330 g/mol. The summed E-state index contributed by atoms with van der Waals surface area (Å²) in [5.41, 5.74) is 0.826. The van der Waals surface area contributed by atoms with Gasteiger partial charge in [0, 0.05) is 0 Å². The Hall–Kier alpha value is -1.74. The van der Waals surface area contributed by atoms with Gasteiger partial charge in [-0.3, -0.25) is 0 Å². The topological polar surface area (TPSA) is 27.7 Å². The molecule has 132 valence electrons. The zero-order chi connectivity index (χ0) is 17.4. The second kappa shape index (κ2) is 8.93. The Balaban J connectivity index is 1.79. The summed E-state index contributed by atoms with van der Waals surface area (Å²) in [7, 11) is 0. The van der Waals surface area contributed by atoms with Crippen LogP contribution in [-0.4, -0.2) is 19.0 Å². The first kappa shape index (κ1) is 18.6. The largest absolute Gasteiger partial charge is 0.454 e. The van der Waals surface area contributed by atoms with E-state index >= 15 is 0 Å². The fourth-order valence-corrected chi connectivity index (χ4v) is 2.68. The standard InChI is InChI=1S/C21H30O3/c1-5-17(3)9-7-13-21(4,6-2)24-14-8-10-18-11-12-19-20(15-18)23-16-22-19/h6,8,10-12,15,17H,2,5,7,9,13-14,16H2,1,3-4H3/b10-8+. The van der Waals surface area contributed by atoms with Crippen molar-refractivity contribution in [3.05, 3.63) is 42.5 Å². The van der Waals surface area contributed by atoms with E-state index in [1.54, 1.807) is 0 Å². The summed E-state index contributed by atoms with van der Waals surface area (Å²) < 4.78 is 16.8. The third-order valence-electron chi connectivity index (χ3n) is 4.72. The van der Waals surface area contributed by atoms with Crippen molar-refractivity contribution in [1.29, 1.82) is 0 Å². The molecule has 0 N–H and O–H groups in total. The van der Waals surface area contributed by atoms with E-state index in [0.717, 1.165) is 29.4 Å². The van der Waals surface area contributed by atoms with Gasteiger partial charge < -0.3 is 14.2 Å². The van der Waals surface area contributed by atoms with Gasteiger partial charge in [-0.15, -0.1) is 6.58 Å². The number of fused-ring (bicyclic) bond motifs is 1. The van der Waals surface area contributed by atoms with Gasteiger partial charge in [0.15, 0.2) is 11.5 Å². The lowest BCUT2D eigenvalue weighted by Crippen LogP contribution is -2.26. The molecule has 0 saturated heterocycles. The van der Waals surface area contributed by atoms with E-state index < -0.39 is 0 Å².